The minimum absolute atomic E-state index is 0.0463. The van der Waals surface area contributed by atoms with Crippen molar-refractivity contribution in [3.05, 3.63) is 59.2 Å². The van der Waals surface area contributed by atoms with Crippen molar-refractivity contribution in [2.45, 2.75) is 65.0 Å². The van der Waals surface area contributed by atoms with Crippen molar-refractivity contribution in [3.63, 3.8) is 0 Å². The molecule has 2 aromatic rings. The van der Waals surface area contributed by atoms with Crippen molar-refractivity contribution in [2.75, 3.05) is 26.2 Å². The van der Waals surface area contributed by atoms with Crippen LogP contribution in [0.4, 0.5) is 0 Å². The molecule has 2 fully saturated rings. The highest BCUT2D eigenvalue weighted by Crippen LogP contribution is 2.43. The number of para-hydroxylation sites is 2. The molecule has 5 rings (SSSR count). The fourth-order valence-corrected chi connectivity index (χ4v) is 5.97. The number of benzene rings is 2. The van der Waals surface area contributed by atoms with Crippen LogP contribution >= 0.6 is 0 Å². The van der Waals surface area contributed by atoms with Gasteiger partial charge in [0.05, 0.1) is 5.56 Å². The fraction of sp³-hybridized carbons (Fsp3) is 0.517. The van der Waals surface area contributed by atoms with Crippen LogP contribution in [-0.4, -0.2) is 53.5 Å². The number of likely N-dealkylation sites (tertiary alicyclic amines) is 2. The summed E-state index contributed by atoms with van der Waals surface area (Å²) in [6, 6.07) is 13.6. The average molecular weight is 477 g/mol. The van der Waals surface area contributed by atoms with Crippen LogP contribution in [0, 0.1) is 5.41 Å². The number of esters is 1. The monoisotopic (exact) mass is 476 g/mol. The van der Waals surface area contributed by atoms with E-state index < -0.39 is 5.97 Å². The summed E-state index contributed by atoms with van der Waals surface area (Å²) in [4.78, 5) is 29.1. The summed E-state index contributed by atoms with van der Waals surface area (Å²) in [5.74, 6) is 0.984. The summed E-state index contributed by atoms with van der Waals surface area (Å²) in [5, 5.41) is 0. The SMILES string of the molecule is CC(=O)Oc1ccccc1C(=O)N1CCC2(CCN(Cc3cccc4c3OC(C)(C)C4)CC2)CC1. The Morgan fingerprint density at radius 2 is 1.63 bits per heavy atom. The zero-order valence-corrected chi connectivity index (χ0v) is 21.1. The van der Waals surface area contributed by atoms with Gasteiger partial charge >= 0.3 is 5.97 Å². The minimum Gasteiger partial charge on any atom is -0.487 e. The lowest BCUT2D eigenvalue weighted by molar-refractivity contribution is -0.131. The summed E-state index contributed by atoms with van der Waals surface area (Å²) in [5.41, 5.74) is 3.30. The molecule has 3 heterocycles. The van der Waals surface area contributed by atoms with E-state index in [-0.39, 0.29) is 11.5 Å². The molecule has 35 heavy (non-hydrogen) atoms. The van der Waals surface area contributed by atoms with Crippen LogP contribution in [0.5, 0.6) is 11.5 Å². The molecule has 0 radical (unpaired) electrons. The van der Waals surface area contributed by atoms with E-state index in [4.69, 9.17) is 9.47 Å². The van der Waals surface area contributed by atoms with Crippen LogP contribution in [0.1, 0.15) is 67.9 Å². The molecule has 0 atom stereocenters. The standard InChI is InChI=1S/C29H36N2O4/c1-21(32)34-25-10-5-4-9-24(25)27(33)31-17-13-29(14-18-31)11-15-30(16-12-29)20-23-8-6-7-22-19-28(2,3)35-26(22)23/h4-10H,11-20H2,1-3H3. The molecule has 6 nitrogen and oxygen atoms in total. The Hall–Kier alpha value is -2.86. The van der Waals surface area contributed by atoms with Crippen LogP contribution in [0.2, 0.25) is 0 Å². The van der Waals surface area contributed by atoms with Crippen molar-refractivity contribution in [2.24, 2.45) is 5.41 Å². The summed E-state index contributed by atoms with van der Waals surface area (Å²) in [7, 11) is 0. The summed E-state index contributed by atoms with van der Waals surface area (Å²) < 4.78 is 11.6. The zero-order valence-electron chi connectivity index (χ0n) is 21.1. The smallest absolute Gasteiger partial charge is 0.308 e. The molecule has 6 heteroatoms. The molecule has 0 aromatic heterocycles. The van der Waals surface area contributed by atoms with Gasteiger partial charge in [-0.05, 0) is 75.7 Å². The third kappa shape index (κ3) is 5.08. The number of carbonyl (C=O) groups is 2. The molecule has 0 unspecified atom stereocenters. The molecular weight excluding hydrogens is 440 g/mol. The normalized spacial score (nSPS) is 20.8. The van der Waals surface area contributed by atoms with Gasteiger partial charge in [0.2, 0.25) is 0 Å². The fourth-order valence-electron chi connectivity index (χ4n) is 5.97. The van der Waals surface area contributed by atoms with Crippen molar-refractivity contribution in [3.8, 4) is 11.5 Å². The van der Waals surface area contributed by atoms with Gasteiger partial charge in [-0.25, -0.2) is 0 Å². The number of carbonyl (C=O) groups excluding carboxylic acids is 2. The highest BCUT2D eigenvalue weighted by molar-refractivity contribution is 5.97. The van der Waals surface area contributed by atoms with Gasteiger partial charge in [0, 0.05) is 38.5 Å². The highest BCUT2D eigenvalue weighted by atomic mass is 16.5. The van der Waals surface area contributed by atoms with E-state index in [1.54, 1.807) is 18.2 Å². The molecule has 1 spiro atoms. The van der Waals surface area contributed by atoms with Crippen LogP contribution in [-0.2, 0) is 17.8 Å². The van der Waals surface area contributed by atoms with E-state index >= 15 is 0 Å². The molecule has 0 bridgehead atoms. The Morgan fingerprint density at radius 3 is 2.34 bits per heavy atom. The summed E-state index contributed by atoms with van der Waals surface area (Å²) in [6.45, 7) is 10.3. The minimum atomic E-state index is -0.412. The molecule has 2 saturated heterocycles. The molecule has 0 N–H and O–H groups in total. The molecule has 0 aliphatic carbocycles. The van der Waals surface area contributed by atoms with Crippen LogP contribution in [0.3, 0.4) is 0 Å². The first-order chi connectivity index (χ1) is 16.7. The lowest BCUT2D eigenvalue weighted by atomic mass is 9.71. The number of nitrogens with zero attached hydrogens (tertiary/aromatic N) is 2. The first kappa shape index (κ1) is 23.9. The van der Waals surface area contributed by atoms with Crippen molar-refractivity contribution in [1.29, 1.82) is 0 Å². The van der Waals surface area contributed by atoms with Gasteiger partial charge in [0.15, 0.2) is 0 Å². The third-order valence-electron chi connectivity index (χ3n) is 7.97. The number of rotatable bonds is 4. The van der Waals surface area contributed by atoms with E-state index in [0.717, 1.165) is 57.7 Å². The van der Waals surface area contributed by atoms with Gasteiger partial charge in [-0.3, -0.25) is 14.5 Å². The van der Waals surface area contributed by atoms with E-state index in [1.807, 2.05) is 11.0 Å². The average Bonchev–Trinajstić information content (AvgIpc) is 3.16. The first-order valence-corrected chi connectivity index (χ1v) is 12.8. The Balaban J connectivity index is 1.17. The maximum Gasteiger partial charge on any atom is 0.308 e. The maximum absolute atomic E-state index is 13.2. The molecule has 3 aliphatic rings. The third-order valence-corrected chi connectivity index (χ3v) is 7.97. The predicted molar refractivity (Wildman–Crippen MR) is 135 cm³/mol. The molecule has 186 valence electrons. The summed E-state index contributed by atoms with van der Waals surface area (Å²) in [6.07, 6.45) is 5.36. The number of ether oxygens (including phenoxy) is 2. The largest absolute Gasteiger partial charge is 0.487 e. The molecule has 0 saturated carbocycles. The van der Waals surface area contributed by atoms with Crippen molar-refractivity contribution >= 4 is 11.9 Å². The Morgan fingerprint density at radius 1 is 0.943 bits per heavy atom. The lowest BCUT2D eigenvalue weighted by Gasteiger charge is -2.47. The summed E-state index contributed by atoms with van der Waals surface area (Å²) >= 11 is 0. The maximum atomic E-state index is 13.2. The van der Waals surface area contributed by atoms with E-state index in [1.165, 1.54) is 30.9 Å². The quantitative estimate of drug-likeness (QED) is 0.467. The van der Waals surface area contributed by atoms with E-state index in [9.17, 15) is 9.59 Å². The Labute approximate surface area is 208 Å². The molecular formula is C29H36N2O4. The Bertz CT molecular complexity index is 1110. The van der Waals surface area contributed by atoms with Gasteiger partial charge in [0.25, 0.3) is 5.91 Å². The van der Waals surface area contributed by atoms with Gasteiger partial charge in [-0.1, -0.05) is 30.3 Å². The number of piperidine rings is 2. The molecule has 2 aromatic carbocycles. The van der Waals surface area contributed by atoms with E-state index in [2.05, 4.69) is 36.9 Å². The topological polar surface area (TPSA) is 59.1 Å². The van der Waals surface area contributed by atoms with Crippen LogP contribution < -0.4 is 9.47 Å². The van der Waals surface area contributed by atoms with Crippen molar-refractivity contribution in [1.82, 2.24) is 9.80 Å². The van der Waals surface area contributed by atoms with Crippen LogP contribution in [0.25, 0.3) is 0 Å². The van der Waals surface area contributed by atoms with Gasteiger partial charge in [-0.15, -0.1) is 0 Å². The second-order valence-electron chi connectivity index (χ2n) is 11.1. The molecule has 3 aliphatic heterocycles. The second-order valence-corrected chi connectivity index (χ2v) is 11.1. The predicted octanol–water partition coefficient (Wildman–Crippen LogP) is 4.84. The zero-order chi connectivity index (χ0) is 24.6. The van der Waals surface area contributed by atoms with E-state index in [0.29, 0.717) is 16.7 Å². The van der Waals surface area contributed by atoms with Gasteiger partial charge in [-0.2, -0.15) is 0 Å². The highest BCUT2D eigenvalue weighted by Gasteiger charge is 2.39. The van der Waals surface area contributed by atoms with Gasteiger partial charge in [0.1, 0.15) is 17.1 Å². The second kappa shape index (κ2) is 9.30. The number of hydrogen-bond acceptors (Lipinski definition) is 5. The van der Waals surface area contributed by atoms with Crippen molar-refractivity contribution < 1.29 is 19.1 Å². The lowest BCUT2D eigenvalue weighted by Crippen LogP contribution is -2.48. The Kier molecular flexibility index (Phi) is 6.34. The first-order valence-electron chi connectivity index (χ1n) is 12.8. The number of hydrogen-bond donors (Lipinski definition) is 0. The molecule has 1 amide bonds. The number of amides is 1. The van der Waals surface area contributed by atoms with Gasteiger partial charge < -0.3 is 14.4 Å². The van der Waals surface area contributed by atoms with Crippen LogP contribution in [0.15, 0.2) is 42.5 Å². The number of fused-ring (bicyclic) bond motifs is 1.